The largest absolute Gasteiger partial charge is 0.481 e. The number of halogens is 2. The minimum atomic E-state index is -0.801. The number of piperazine rings is 1. The van der Waals surface area contributed by atoms with E-state index in [1.807, 2.05) is 0 Å². The monoisotopic (exact) mass is 330 g/mol. The zero-order valence-electron chi connectivity index (χ0n) is 12.2. The maximum Gasteiger partial charge on any atom is 0.304 e. The second-order valence-electron chi connectivity index (χ2n) is 5.17. The smallest absolute Gasteiger partial charge is 0.304 e. The summed E-state index contributed by atoms with van der Waals surface area (Å²) in [4.78, 5) is 26.5. The molecule has 0 atom stereocenters. The van der Waals surface area contributed by atoms with Crippen LogP contribution in [0.5, 0.6) is 0 Å². The summed E-state index contributed by atoms with van der Waals surface area (Å²) in [7, 11) is 0. The fraction of sp³-hybridized carbons (Fsp3) is 0.467. The first-order valence-corrected chi connectivity index (χ1v) is 7.01. The van der Waals surface area contributed by atoms with Crippen molar-refractivity contribution in [2.24, 2.45) is 0 Å². The molecule has 0 aliphatic carbocycles. The summed E-state index contributed by atoms with van der Waals surface area (Å²) < 4.78 is 12.8. The first-order valence-electron chi connectivity index (χ1n) is 7.01. The van der Waals surface area contributed by atoms with Gasteiger partial charge in [0.1, 0.15) is 5.82 Å². The molecule has 0 spiro atoms. The summed E-state index contributed by atoms with van der Waals surface area (Å²) in [5, 5.41) is 8.65. The number of carboxylic acid groups (broad SMARTS) is 1. The van der Waals surface area contributed by atoms with Gasteiger partial charge in [-0.25, -0.2) is 4.39 Å². The Bertz CT molecular complexity index is 502. The van der Waals surface area contributed by atoms with Gasteiger partial charge in [-0.05, 0) is 17.7 Å². The number of nitrogens with zero attached hydrogens (tertiary/aromatic N) is 2. The SMILES string of the molecule is Cl.O=C(O)CCN1CCN(C(=O)Cc2ccc(F)cc2)CC1. The molecule has 1 N–H and O–H groups in total. The molecule has 1 aliphatic rings. The molecule has 1 saturated heterocycles. The van der Waals surface area contributed by atoms with Gasteiger partial charge in [-0.2, -0.15) is 0 Å². The molecule has 0 aromatic heterocycles. The number of carbonyl (C=O) groups excluding carboxylic acids is 1. The van der Waals surface area contributed by atoms with Crippen LogP contribution in [0.2, 0.25) is 0 Å². The fourth-order valence-electron chi connectivity index (χ4n) is 2.36. The van der Waals surface area contributed by atoms with Gasteiger partial charge in [0, 0.05) is 32.7 Å². The first kappa shape index (κ1) is 18.4. The van der Waals surface area contributed by atoms with E-state index in [1.165, 1.54) is 12.1 Å². The van der Waals surface area contributed by atoms with Crippen LogP contribution in [0.15, 0.2) is 24.3 Å². The Hall–Kier alpha value is -1.66. The standard InChI is InChI=1S/C15H19FN2O3.ClH/c16-13-3-1-12(2-4-13)11-14(19)18-9-7-17(8-10-18)6-5-15(20)21;/h1-4H,5-11H2,(H,20,21);1H. The number of aliphatic carboxylic acids is 1. The third-order valence-electron chi connectivity index (χ3n) is 3.64. The van der Waals surface area contributed by atoms with Crippen LogP contribution in [0.4, 0.5) is 4.39 Å². The van der Waals surface area contributed by atoms with Crippen LogP contribution in [-0.2, 0) is 16.0 Å². The average Bonchev–Trinajstić information content (AvgIpc) is 2.48. The molecular formula is C15H20ClFN2O3. The molecule has 1 aromatic carbocycles. The van der Waals surface area contributed by atoms with Crippen molar-refractivity contribution in [3.8, 4) is 0 Å². The lowest BCUT2D eigenvalue weighted by molar-refractivity contribution is -0.138. The Labute approximate surface area is 135 Å². The van der Waals surface area contributed by atoms with Gasteiger partial charge < -0.3 is 10.0 Å². The number of carboxylic acids is 1. The summed E-state index contributed by atoms with van der Waals surface area (Å²) in [5.41, 5.74) is 0.801. The third kappa shape index (κ3) is 5.61. The molecule has 7 heteroatoms. The lowest BCUT2D eigenvalue weighted by Gasteiger charge is -2.34. The summed E-state index contributed by atoms with van der Waals surface area (Å²) in [6.45, 7) is 3.14. The summed E-state index contributed by atoms with van der Waals surface area (Å²) in [5.74, 6) is -1.08. The highest BCUT2D eigenvalue weighted by molar-refractivity contribution is 5.85. The van der Waals surface area contributed by atoms with E-state index in [4.69, 9.17) is 5.11 Å². The Kier molecular flexibility index (Phi) is 7.27. The van der Waals surface area contributed by atoms with E-state index in [0.717, 1.165) is 5.56 Å². The Morgan fingerprint density at radius 3 is 2.23 bits per heavy atom. The van der Waals surface area contributed by atoms with E-state index >= 15 is 0 Å². The van der Waals surface area contributed by atoms with E-state index in [-0.39, 0.29) is 37.0 Å². The molecule has 1 aromatic rings. The van der Waals surface area contributed by atoms with Crippen molar-refractivity contribution >= 4 is 24.3 Å². The molecule has 0 bridgehead atoms. The van der Waals surface area contributed by atoms with Gasteiger partial charge in [-0.1, -0.05) is 12.1 Å². The molecule has 2 rings (SSSR count). The lowest BCUT2D eigenvalue weighted by atomic mass is 10.1. The second kappa shape index (κ2) is 8.70. The molecule has 1 heterocycles. The molecule has 5 nitrogen and oxygen atoms in total. The van der Waals surface area contributed by atoms with E-state index in [0.29, 0.717) is 32.7 Å². The summed E-state index contributed by atoms with van der Waals surface area (Å²) in [6.07, 6.45) is 0.402. The molecule has 122 valence electrons. The number of amides is 1. The fourth-order valence-corrected chi connectivity index (χ4v) is 2.36. The molecule has 1 aliphatic heterocycles. The highest BCUT2D eigenvalue weighted by Gasteiger charge is 2.21. The van der Waals surface area contributed by atoms with Crippen molar-refractivity contribution < 1.29 is 19.1 Å². The highest BCUT2D eigenvalue weighted by atomic mass is 35.5. The molecular weight excluding hydrogens is 311 g/mol. The van der Waals surface area contributed by atoms with Crippen LogP contribution >= 0.6 is 12.4 Å². The van der Waals surface area contributed by atoms with Gasteiger partial charge in [-0.3, -0.25) is 14.5 Å². The van der Waals surface area contributed by atoms with E-state index in [2.05, 4.69) is 4.90 Å². The minimum absolute atomic E-state index is 0. The zero-order valence-corrected chi connectivity index (χ0v) is 13.0. The third-order valence-corrected chi connectivity index (χ3v) is 3.64. The van der Waals surface area contributed by atoms with E-state index in [9.17, 15) is 14.0 Å². The zero-order chi connectivity index (χ0) is 15.2. The van der Waals surface area contributed by atoms with Gasteiger partial charge in [0.15, 0.2) is 0 Å². The molecule has 22 heavy (non-hydrogen) atoms. The second-order valence-corrected chi connectivity index (χ2v) is 5.17. The number of hydrogen-bond donors (Lipinski definition) is 1. The summed E-state index contributed by atoms with van der Waals surface area (Å²) in [6, 6.07) is 5.95. The topological polar surface area (TPSA) is 60.9 Å². The quantitative estimate of drug-likeness (QED) is 0.886. The number of hydrogen-bond acceptors (Lipinski definition) is 3. The number of rotatable bonds is 5. The minimum Gasteiger partial charge on any atom is -0.481 e. The van der Waals surface area contributed by atoms with Gasteiger partial charge >= 0.3 is 5.97 Å². The summed E-state index contributed by atoms with van der Waals surface area (Å²) >= 11 is 0. The molecule has 0 radical (unpaired) electrons. The Balaban J connectivity index is 0.00000242. The van der Waals surface area contributed by atoms with Crippen molar-refractivity contribution in [2.45, 2.75) is 12.8 Å². The number of carbonyl (C=O) groups is 2. The predicted molar refractivity (Wildman–Crippen MR) is 82.6 cm³/mol. The first-order chi connectivity index (χ1) is 10.0. The van der Waals surface area contributed by atoms with Gasteiger partial charge in [0.25, 0.3) is 0 Å². The Morgan fingerprint density at radius 1 is 1.09 bits per heavy atom. The number of benzene rings is 1. The van der Waals surface area contributed by atoms with Gasteiger partial charge in [-0.15, -0.1) is 12.4 Å². The maximum atomic E-state index is 12.8. The van der Waals surface area contributed by atoms with E-state index in [1.54, 1.807) is 17.0 Å². The molecule has 1 fully saturated rings. The maximum absolute atomic E-state index is 12.8. The van der Waals surface area contributed by atoms with Crippen LogP contribution in [0.3, 0.4) is 0 Å². The van der Waals surface area contributed by atoms with Gasteiger partial charge in [0.05, 0.1) is 12.8 Å². The van der Waals surface area contributed by atoms with Crippen molar-refractivity contribution in [3.63, 3.8) is 0 Å². The lowest BCUT2D eigenvalue weighted by Crippen LogP contribution is -2.49. The molecule has 0 unspecified atom stereocenters. The van der Waals surface area contributed by atoms with Gasteiger partial charge in [0.2, 0.25) is 5.91 Å². The average molecular weight is 331 g/mol. The van der Waals surface area contributed by atoms with Crippen LogP contribution < -0.4 is 0 Å². The molecule has 1 amide bonds. The van der Waals surface area contributed by atoms with Crippen molar-refractivity contribution in [3.05, 3.63) is 35.6 Å². The molecule has 0 saturated carbocycles. The van der Waals surface area contributed by atoms with Crippen LogP contribution in [0.25, 0.3) is 0 Å². The van der Waals surface area contributed by atoms with Crippen LogP contribution in [0.1, 0.15) is 12.0 Å². The normalized spacial score (nSPS) is 15.2. The highest BCUT2D eigenvalue weighted by Crippen LogP contribution is 2.08. The Morgan fingerprint density at radius 2 is 1.68 bits per heavy atom. The predicted octanol–water partition coefficient (Wildman–Crippen LogP) is 1.41. The van der Waals surface area contributed by atoms with Crippen LogP contribution in [0, 0.1) is 5.82 Å². The van der Waals surface area contributed by atoms with E-state index < -0.39 is 5.97 Å². The van der Waals surface area contributed by atoms with Crippen molar-refractivity contribution in [1.29, 1.82) is 0 Å². The van der Waals surface area contributed by atoms with Crippen LogP contribution in [-0.4, -0.2) is 59.5 Å². The van der Waals surface area contributed by atoms with Crippen molar-refractivity contribution in [1.82, 2.24) is 9.80 Å². The van der Waals surface area contributed by atoms with Crippen molar-refractivity contribution in [2.75, 3.05) is 32.7 Å².